The van der Waals surface area contributed by atoms with Crippen LogP contribution in [-0.4, -0.2) is 39.7 Å². The van der Waals surface area contributed by atoms with Gasteiger partial charge in [0, 0.05) is 40.9 Å². The van der Waals surface area contributed by atoms with Gasteiger partial charge in [-0.25, -0.2) is 13.8 Å². The molecule has 1 amide bonds. The van der Waals surface area contributed by atoms with Crippen molar-refractivity contribution in [3.63, 3.8) is 0 Å². The molecule has 2 heterocycles. The van der Waals surface area contributed by atoms with Crippen LogP contribution in [0.4, 0.5) is 20.3 Å². The lowest BCUT2D eigenvalue weighted by Crippen LogP contribution is -2.41. The second kappa shape index (κ2) is 11.5. The van der Waals surface area contributed by atoms with E-state index in [-0.39, 0.29) is 52.4 Å². The first-order valence-electron chi connectivity index (χ1n) is 11.7. The number of aliphatic imine (C=N–C) groups is 1. The van der Waals surface area contributed by atoms with Gasteiger partial charge in [0.05, 0.1) is 18.2 Å². The Morgan fingerprint density at radius 3 is 2.56 bits per heavy atom. The Labute approximate surface area is 221 Å². The van der Waals surface area contributed by atoms with Crippen LogP contribution in [0, 0.1) is 11.6 Å². The molecule has 0 aliphatic carbocycles. The van der Waals surface area contributed by atoms with Crippen LogP contribution in [0.15, 0.2) is 77.9 Å². The molecule has 2 aromatic heterocycles. The first kappa shape index (κ1) is 26.9. The number of rotatable bonds is 8. The minimum Gasteiger partial charge on any atom is -0.453 e. The van der Waals surface area contributed by atoms with Crippen LogP contribution in [0.2, 0.25) is 0 Å². The number of carbonyl (C=O) groups is 1. The maximum Gasteiger partial charge on any atom is 0.325 e. The molecule has 7 N–H and O–H groups in total. The molecular weight excluding hydrogens is 510 g/mol. The first-order chi connectivity index (χ1) is 18.7. The summed E-state index contributed by atoms with van der Waals surface area (Å²) in [5, 5.41) is 22.4. The maximum atomic E-state index is 15.0. The fourth-order valence-electron chi connectivity index (χ4n) is 3.63. The lowest BCUT2D eigenvalue weighted by Gasteiger charge is -2.14. The summed E-state index contributed by atoms with van der Waals surface area (Å²) in [5.41, 5.74) is 12.8. The molecule has 0 aliphatic rings. The summed E-state index contributed by atoms with van der Waals surface area (Å²) in [6.45, 7) is 1.40. The van der Waals surface area contributed by atoms with Crippen molar-refractivity contribution >= 4 is 23.2 Å². The molecule has 12 heteroatoms. The molecule has 0 aliphatic heterocycles. The van der Waals surface area contributed by atoms with E-state index in [4.69, 9.17) is 16.2 Å². The van der Waals surface area contributed by atoms with Crippen molar-refractivity contribution in [2.75, 3.05) is 17.7 Å². The van der Waals surface area contributed by atoms with E-state index in [1.807, 2.05) is 0 Å². The number of nitrogens with one attached hydrogen (secondary N) is 1. The van der Waals surface area contributed by atoms with Crippen LogP contribution in [0.1, 0.15) is 23.0 Å². The molecule has 0 bridgehead atoms. The van der Waals surface area contributed by atoms with E-state index in [1.54, 1.807) is 19.1 Å². The van der Waals surface area contributed by atoms with Gasteiger partial charge >= 0.3 is 11.6 Å². The van der Waals surface area contributed by atoms with Gasteiger partial charge in [0.15, 0.2) is 11.6 Å². The number of pyridine rings is 2. The fraction of sp³-hybridized carbons (Fsp3) is 0.111. The molecule has 4 rings (SSSR count). The molecule has 0 fully saturated rings. The van der Waals surface area contributed by atoms with Gasteiger partial charge in [-0.3, -0.25) is 15.0 Å². The Morgan fingerprint density at radius 2 is 1.87 bits per heavy atom. The van der Waals surface area contributed by atoms with Crippen molar-refractivity contribution in [1.82, 2.24) is 4.98 Å². The van der Waals surface area contributed by atoms with Gasteiger partial charge in [-0.1, -0.05) is 0 Å². The van der Waals surface area contributed by atoms with Crippen LogP contribution in [0.5, 0.6) is 11.5 Å². The van der Waals surface area contributed by atoms with Crippen molar-refractivity contribution in [3.8, 4) is 22.8 Å². The highest BCUT2D eigenvalue weighted by Gasteiger charge is 2.25. The third kappa shape index (κ3) is 6.08. The number of aliphatic hydroxyl groups is 1. The summed E-state index contributed by atoms with van der Waals surface area (Å²) < 4.78 is 34.6. The van der Waals surface area contributed by atoms with Crippen LogP contribution < -0.4 is 26.3 Å². The monoisotopic (exact) mass is 535 g/mol. The van der Waals surface area contributed by atoms with Gasteiger partial charge in [-0.2, -0.15) is 0 Å². The highest BCUT2D eigenvalue weighted by atomic mass is 19.1. The SMILES string of the molecule is C[C@H](CO)N=C(N)c1c(Oc2ccc(NC(=O)c3cccc(-c4ccc(F)cc4)[n+]3O)cc2F)ccnc1N. The van der Waals surface area contributed by atoms with Gasteiger partial charge in [0.1, 0.15) is 28.8 Å². The fourth-order valence-corrected chi connectivity index (χ4v) is 3.63. The molecular formula is C27H25F2N6O4+. The average molecular weight is 536 g/mol. The average Bonchev–Trinajstić information content (AvgIpc) is 2.90. The van der Waals surface area contributed by atoms with Gasteiger partial charge in [0.25, 0.3) is 5.69 Å². The summed E-state index contributed by atoms with van der Waals surface area (Å²) in [7, 11) is 0. The number of benzene rings is 2. The molecule has 0 saturated carbocycles. The second-order valence-electron chi connectivity index (χ2n) is 8.43. The third-order valence-corrected chi connectivity index (χ3v) is 5.57. The minimum atomic E-state index is -0.815. The number of amides is 1. The van der Waals surface area contributed by atoms with Gasteiger partial charge < -0.3 is 26.6 Å². The van der Waals surface area contributed by atoms with Crippen molar-refractivity contribution < 1.29 is 33.4 Å². The molecule has 4 aromatic rings. The van der Waals surface area contributed by atoms with E-state index in [0.717, 1.165) is 6.07 Å². The lowest BCUT2D eigenvalue weighted by molar-refractivity contribution is -0.897. The van der Waals surface area contributed by atoms with Crippen LogP contribution >= 0.6 is 0 Å². The van der Waals surface area contributed by atoms with E-state index >= 15 is 0 Å². The second-order valence-corrected chi connectivity index (χ2v) is 8.43. The number of halogens is 2. The van der Waals surface area contributed by atoms with Gasteiger partial charge in [-0.05, 0) is 49.4 Å². The quantitative estimate of drug-likeness (QED) is 0.100. The summed E-state index contributed by atoms with van der Waals surface area (Å²) in [6.07, 6.45) is 1.35. The van der Waals surface area contributed by atoms with Crippen molar-refractivity contribution in [3.05, 3.63) is 95.8 Å². The predicted octanol–water partition coefficient (Wildman–Crippen LogP) is 3.26. The van der Waals surface area contributed by atoms with E-state index < -0.39 is 23.6 Å². The smallest absolute Gasteiger partial charge is 0.325 e. The van der Waals surface area contributed by atoms with Crippen molar-refractivity contribution in [1.29, 1.82) is 0 Å². The van der Waals surface area contributed by atoms with Gasteiger partial charge in [-0.15, -0.1) is 0 Å². The number of anilines is 2. The number of hydrogen-bond acceptors (Lipinski definition) is 7. The molecule has 0 spiro atoms. The molecule has 1 atom stereocenters. The summed E-state index contributed by atoms with van der Waals surface area (Å²) in [6, 6.07) is 14.5. The molecule has 0 unspecified atom stereocenters. The summed E-state index contributed by atoms with van der Waals surface area (Å²) >= 11 is 0. The number of nitrogens with zero attached hydrogens (tertiary/aromatic N) is 3. The third-order valence-electron chi connectivity index (χ3n) is 5.57. The summed E-state index contributed by atoms with van der Waals surface area (Å²) in [4.78, 5) is 20.9. The van der Waals surface area contributed by atoms with E-state index in [9.17, 15) is 23.9 Å². The number of amidine groups is 1. The molecule has 200 valence electrons. The molecule has 0 radical (unpaired) electrons. The minimum absolute atomic E-state index is 0.00311. The largest absolute Gasteiger partial charge is 0.453 e. The van der Waals surface area contributed by atoms with Crippen LogP contribution in [0.3, 0.4) is 0 Å². The van der Waals surface area contributed by atoms with E-state index in [0.29, 0.717) is 10.3 Å². The van der Waals surface area contributed by atoms with Crippen molar-refractivity contribution in [2.45, 2.75) is 13.0 Å². The zero-order chi connectivity index (χ0) is 28.1. The highest BCUT2D eigenvalue weighted by Crippen LogP contribution is 2.31. The maximum absolute atomic E-state index is 15.0. The standard InChI is InChI=1S/C27H24F2N6O4/c1-15(14-36)33-26(31)24-23(11-12-32-25(24)30)39-22-10-9-18(13-19(22)29)34-27(37)21-4-2-3-20(35(21)38)16-5-7-17(28)8-6-16/h2-13,15,36H,14H2,1H3,(H5-,30,31,32,33,34,37,38)/p+1/t15-/m1/s1. The number of nitrogens with two attached hydrogens (primary N) is 2. The Kier molecular flexibility index (Phi) is 7.96. The molecule has 10 nitrogen and oxygen atoms in total. The Balaban J connectivity index is 1.55. The van der Waals surface area contributed by atoms with Crippen LogP contribution in [-0.2, 0) is 0 Å². The van der Waals surface area contributed by atoms with E-state index in [1.165, 1.54) is 54.7 Å². The predicted molar refractivity (Wildman–Crippen MR) is 140 cm³/mol. The Morgan fingerprint density at radius 1 is 1.13 bits per heavy atom. The molecule has 39 heavy (non-hydrogen) atoms. The van der Waals surface area contributed by atoms with E-state index in [2.05, 4.69) is 15.3 Å². The number of nitrogen functional groups attached to an aromatic ring is 1. The molecule has 2 aromatic carbocycles. The Hall–Kier alpha value is -5.10. The highest BCUT2D eigenvalue weighted by molar-refractivity contribution is 6.04. The normalized spacial score (nSPS) is 12.2. The number of carbonyl (C=O) groups excluding carboxylic acids is 1. The number of ether oxygens (including phenoxy) is 1. The topological polar surface area (TPSA) is 160 Å². The number of aromatic nitrogens is 2. The zero-order valence-electron chi connectivity index (χ0n) is 20.7. The van der Waals surface area contributed by atoms with Gasteiger partial charge in [0.2, 0.25) is 0 Å². The number of hydrogen-bond donors (Lipinski definition) is 5. The van der Waals surface area contributed by atoms with Crippen molar-refractivity contribution in [2.24, 2.45) is 10.7 Å². The van der Waals surface area contributed by atoms with Crippen LogP contribution in [0.25, 0.3) is 11.3 Å². The molecule has 0 saturated heterocycles. The lowest BCUT2D eigenvalue weighted by atomic mass is 10.1. The summed E-state index contributed by atoms with van der Waals surface area (Å²) in [5.74, 6) is -2.12. The number of aliphatic hydroxyl groups excluding tert-OH is 1. The Bertz CT molecular complexity index is 1550. The first-order valence-corrected chi connectivity index (χ1v) is 11.7. The zero-order valence-corrected chi connectivity index (χ0v) is 20.7.